The second-order valence-electron chi connectivity index (χ2n) is 8.02. The summed E-state index contributed by atoms with van der Waals surface area (Å²) in [6.07, 6.45) is -1.25. The number of fused-ring (bicyclic) bond motifs is 1. The van der Waals surface area contributed by atoms with Crippen molar-refractivity contribution >= 4 is 44.3 Å². The summed E-state index contributed by atoms with van der Waals surface area (Å²) in [5.41, 5.74) is 0.147. The zero-order valence-corrected chi connectivity index (χ0v) is 19.3. The van der Waals surface area contributed by atoms with Crippen LogP contribution in [0, 0.1) is 0 Å². The van der Waals surface area contributed by atoms with Crippen LogP contribution in [0.15, 0.2) is 17.0 Å². The van der Waals surface area contributed by atoms with Crippen LogP contribution in [0.1, 0.15) is 31.2 Å². The number of hydrogen-bond acceptors (Lipinski definition) is 8. The van der Waals surface area contributed by atoms with Crippen LogP contribution in [0.5, 0.6) is 0 Å². The average molecular weight is 505 g/mol. The zero-order valence-electron chi connectivity index (χ0n) is 16.9. The molecule has 3 aromatic rings. The SMILES string of the molecule is CC1(NS(=O)(=O)c2cc(N3CCOCC3)n3nc(Cl)c(-c4nnc(C(F)F)s4)c3c2)CC1. The summed E-state index contributed by atoms with van der Waals surface area (Å²) in [6, 6.07) is 2.99. The van der Waals surface area contributed by atoms with Crippen LogP contribution < -0.4 is 9.62 Å². The van der Waals surface area contributed by atoms with E-state index in [9.17, 15) is 17.2 Å². The Kier molecular flexibility index (Phi) is 5.36. The lowest BCUT2D eigenvalue weighted by Crippen LogP contribution is -2.38. The van der Waals surface area contributed by atoms with Gasteiger partial charge in [-0.05, 0) is 25.8 Å². The first-order valence-corrected chi connectivity index (χ1v) is 12.6. The maximum absolute atomic E-state index is 13.2. The molecule has 1 N–H and O–H groups in total. The van der Waals surface area contributed by atoms with Crippen LogP contribution in [0.2, 0.25) is 5.15 Å². The highest BCUT2D eigenvalue weighted by atomic mass is 35.5. The van der Waals surface area contributed by atoms with Gasteiger partial charge in [-0.25, -0.2) is 26.4 Å². The molecule has 0 radical (unpaired) electrons. The number of pyridine rings is 1. The van der Waals surface area contributed by atoms with E-state index in [-0.39, 0.29) is 20.6 Å². The summed E-state index contributed by atoms with van der Waals surface area (Å²) in [5, 5.41) is 11.5. The number of halogens is 3. The molecule has 2 aliphatic rings. The van der Waals surface area contributed by atoms with Crippen molar-refractivity contribution in [2.24, 2.45) is 0 Å². The molecule has 0 spiro atoms. The highest BCUT2D eigenvalue weighted by molar-refractivity contribution is 7.89. The summed E-state index contributed by atoms with van der Waals surface area (Å²) in [4.78, 5) is 1.99. The van der Waals surface area contributed by atoms with Gasteiger partial charge in [0.15, 0.2) is 15.2 Å². The van der Waals surface area contributed by atoms with Crippen molar-refractivity contribution in [2.75, 3.05) is 31.2 Å². The van der Waals surface area contributed by atoms with Crippen molar-refractivity contribution in [2.45, 2.75) is 36.6 Å². The van der Waals surface area contributed by atoms with Crippen LogP contribution in [0.3, 0.4) is 0 Å². The summed E-state index contributed by atoms with van der Waals surface area (Å²) >= 11 is 7.09. The average Bonchev–Trinajstić information content (AvgIpc) is 3.14. The first-order chi connectivity index (χ1) is 15.2. The molecule has 1 saturated carbocycles. The van der Waals surface area contributed by atoms with Gasteiger partial charge in [-0.3, -0.25) is 0 Å². The smallest absolute Gasteiger partial charge is 0.291 e. The Hall–Kier alpha value is -1.93. The van der Waals surface area contributed by atoms with E-state index in [1.165, 1.54) is 10.6 Å². The lowest BCUT2D eigenvalue weighted by Gasteiger charge is -2.29. The van der Waals surface area contributed by atoms with Crippen LogP contribution >= 0.6 is 22.9 Å². The largest absolute Gasteiger partial charge is 0.378 e. The van der Waals surface area contributed by atoms with E-state index in [0.29, 0.717) is 49.0 Å². The molecule has 0 amide bonds. The minimum absolute atomic E-state index is 0.0214. The molecule has 172 valence electrons. The fourth-order valence-corrected chi connectivity index (χ4v) is 6.11. The van der Waals surface area contributed by atoms with Crippen molar-refractivity contribution in [1.82, 2.24) is 24.5 Å². The number of nitrogens with zero attached hydrogens (tertiary/aromatic N) is 5. The molecule has 2 fully saturated rings. The maximum atomic E-state index is 13.2. The van der Waals surface area contributed by atoms with Crippen molar-refractivity contribution in [3.8, 4) is 10.6 Å². The summed E-state index contributed by atoms with van der Waals surface area (Å²) in [6.45, 7) is 3.87. The van der Waals surface area contributed by atoms with Gasteiger partial charge in [0.1, 0.15) is 5.82 Å². The zero-order chi connectivity index (χ0) is 22.7. The van der Waals surface area contributed by atoms with Gasteiger partial charge in [0.25, 0.3) is 6.43 Å². The van der Waals surface area contributed by atoms with E-state index < -0.39 is 27.0 Å². The molecule has 9 nitrogen and oxygen atoms in total. The minimum atomic E-state index is -3.85. The maximum Gasteiger partial charge on any atom is 0.291 e. The predicted molar refractivity (Wildman–Crippen MR) is 115 cm³/mol. The molecule has 1 aliphatic carbocycles. The van der Waals surface area contributed by atoms with Gasteiger partial charge in [-0.15, -0.1) is 10.2 Å². The molecule has 1 saturated heterocycles. The fraction of sp³-hybridized carbons (Fsp3) is 0.500. The lowest BCUT2D eigenvalue weighted by atomic mass is 10.2. The summed E-state index contributed by atoms with van der Waals surface area (Å²) in [7, 11) is -3.85. The number of alkyl halides is 2. The van der Waals surface area contributed by atoms with Crippen LogP contribution in [-0.4, -0.2) is 60.1 Å². The molecule has 0 aromatic carbocycles. The topological polar surface area (TPSA) is 102 Å². The van der Waals surface area contributed by atoms with E-state index >= 15 is 0 Å². The van der Waals surface area contributed by atoms with E-state index in [4.69, 9.17) is 16.3 Å². The van der Waals surface area contributed by atoms with Gasteiger partial charge in [0.2, 0.25) is 10.0 Å². The van der Waals surface area contributed by atoms with Crippen LogP contribution in [0.4, 0.5) is 14.6 Å². The molecular formula is C18H19ClF2N6O3S2. The predicted octanol–water partition coefficient (Wildman–Crippen LogP) is 3.11. The summed E-state index contributed by atoms with van der Waals surface area (Å²) < 4.78 is 62.2. The highest BCUT2D eigenvalue weighted by Gasteiger charge is 2.41. The lowest BCUT2D eigenvalue weighted by molar-refractivity contribution is 0.122. The number of sulfonamides is 1. The number of anilines is 1. The Morgan fingerprint density at radius 2 is 1.97 bits per heavy atom. The van der Waals surface area contributed by atoms with Gasteiger partial charge in [-0.1, -0.05) is 22.9 Å². The van der Waals surface area contributed by atoms with Gasteiger partial charge in [0, 0.05) is 24.7 Å². The van der Waals surface area contributed by atoms with Gasteiger partial charge >= 0.3 is 0 Å². The number of morpholine rings is 1. The molecule has 4 heterocycles. The fourth-order valence-electron chi connectivity index (χ4n) is 3.54. The number of rotatable bonds is 6. The Balaban J connectivity index is 1.70. The van der Waals surface area contributed by atoms with Crippen molar-refractivity contribution < 1.29 is 21.9 Å². The Labute approximate surface area is 191 Å². The van der Waals surface area contributed by atoms with Gasteiger partial charge in [0.05, 0.1) is 29.2 Å². The second-order valence-corrected chi connectivity index (χ2v) is 11.1. The van der Waals surface area contributed by atoms with E-state index in [2.05, 4.69) is 20.0 Å². The Morgan fingerprint density at radius 3 is 2.59 bits per heavy atom. The molecule has 3 aromatic heterocycles. The molecular weight excluding hydrogens is 486 g/mol. The van der Waals surface area contributed by atoms with Gasteiger partial charge in [-0.2, -0.15) is 5.10 Å². The number of ether oxygens (including phenoxy) is 1. The highest BCUT2D eigenvalue weighted by Crippen LogP contribution is 2.40. The third kappa shape index (κ3) is 3.96. The van der Waals surface area contributed by atoms with Crippen molar-refractivity contribution in [3.05, 3.63) is 22.3 Å². The van der Waals surface area contributed by atoms with Crippen molar-refractivity contribution in [3.63, 3.8) is 0 Å². The second kappa shape index (κ2) is 7.83. The van der Waals surface area contributed by atoms with Crippen LogP contribution in [-0.2, 0) is 14.8 Å². The van der Waals surface area contributed by atoms with E-state index in [1.54, 1.807) is 6.07 Å². The Bertz CT molecular complexity index is 1290. The van der Waals surface area contributed by atoms with E-state index in [0.717, 1.165) is 12.8 Å². The summed E-state index contributed by atoms with van der Waals surface area (Å²) in [5.74, 6) is 0.513. The van der Waals surface area contributed by atoms with E-state index in [1.807, 2.05) is 11.8 Å². The molecule has 14 heteroatoms. The molecule has 0 atom stereocenters. The molecule has 1 aliphatic heterocycles. The standard InChI is InChI=1S/C18H19ClF2N6O3S2/c1-18(2-3-18)25-32(28,29)10-8-11-13(16-22-23-17(31-16)15(20)21)14(19)24-27(11)12(9-10)26-4-6-30-7-5-26/h8-9,15,25H,2-7H2,1H3. The number of aromatic nitrogens is 4. The van der Waals surface area contributed by atoms with Crippen molar-refractivity contribution in [1.29, 1.82) is 0 Å². The van der Waals surface area contributed by atoms with Crippen LogP contribution in [0.25, 0.3) is 16.1 Å². The Morgan fingerprint density at radius 1 is 1.25 bits per heavy atom. The minimum Gasteiger partial charge on any atom is -0.378 e. The third-order valence-corrected chi connectivity index (χ3v) is 8.34. The molecule has 32 heavy (non-hydrogen) atoms. The van der Waals surface area contributed by atoms with Gasteiger partial charge < -0.3 is 9.64 Å². The third-order valence-electron chi connectivity index (χ3n) is 5.51. The number of hydrogen-bond donors (Lipinski definition) is 1. The molecule has 5 rings (SSSR count). The first-order valence-electron chi connectivity index (χ1n) is 9.88. The molecule has 0 unspecified atom stereocenters. The monoisotopic (exact) mass is 504 g/mol. The normalized spacial score (nSPS) is 18.6. The molecule has 0 bridgehead atoms. The quantitative estimate of drug-likeness (QED) is 0.550. The first kappa shape index (κ1) is 21.9. The number of nitrogens with one attached hydrogen (secondary N) is 1.